The first-order valence-corrected chi connectivity index (χ1v) is 3.88. The second-order valence-electron chi connectivity index (χ2n) is 2.42. The molecule has 1 aromatic heterocycles. The molecule has 0 radical (unpaired) electrons. The Morgan fingerprint density at radius 2 is 2.42 bits per heavy atom. The third-order valence-electron chi connectivity index (χ3n) is 1.50. The number of Topliss-reactive ketones (excluding diaryl/α,β-unsaturated/α-hetero) is 1. The van der Waals surface area contributed by atoms with Crippen LogP contribution in [-0.4, -0.2) is 10.8 Å². The third-order valence-corrected chi connectivity index (χ3v) is 1.80. The zero-order chi connectivity index (χ0) is 9.14. The maximum atomic E-state index is 11.0. The Kier molecular flexibility index (Phi) is 2.78. The lowest BCUT2D eigenvalue weighted by Gasteiger charge is -2.01. The average molecular weight is 185 g/mol. The van der Waals surface area contributed by atoms with Crippen LogP contribution in [0.25, 0.3) is 0 Å². The maximum absolute atomic E-state index is 11.0. The van der Waals surface area contributed by atoms with E-state index >= 15 is 0 Å². The molecule has 0 aliphatic rings. The number of pyridine rings is 1. The highest BCUT2D eigenvalue weighted by Gasteiger charge is 2.06. The summed E-state index contributed by atoms with van der Waals surface area (Å²) in [5, 5.41) is 0.375. The van der Waals surface area contributed by atoms with Gasteiger partial charge in [0.05, 0.1) is 10.7 Å². The largest absolute Gasteiger partial charge is 0.325 e. The van der Waals surface area contributed by atoms with Crippen molar-refractivity contribution in [3.8, 4) is 0 Å². The lowest BCUT2D eigenvalue weighted by molar-refractivity contribution is 0.101. The van der Waals surface area contributed by atoms with Crippen LogP contribution in [0.3, 0.4) is 0 Å². The van der Waals surface area contributed by atoms with Gasteiger partial charge in [0.2, 0.25) is 0 Å². The fourth-order valence-electron chi connectivity index (χ4n) is 0.863. The summed E-state index contributed by atoms with van der Waals surface area (Å²) >= 11 is 5.72. The molecule has 3 nitrogen and oxygen atoms in total. The summed E-state index contributed by atoms with van der Waals surface area (Å²) in [7, 11) is 0. The molecule has 0 bridgehead atoms. The Labute approximate surface area is 75.6 Å². The highest BCUT2D eigenvalue weighted by molar-refractivity contribution is 6.33. The smallest absolute Gasteiger partial charge is 0.161 e. The first kappa shape index (κ1) is 9.16. The van der Waals surface area contributed by atoms with Crippen LogP contribution in [0.2, 0.25) is 5.02 Å². The van der Waals surface area contributed by atoms with Gasteiger partial charge < -0.3 is 5.73 Å². The van der Waals surface area contributed by atoms with E-state index in [2.05, 4.69) is 4.98 Å². The Bertz CT molecular complexity index is 312. The number of carbonyl (C=O) groups is 1. The molecule has 0 atom stereocenters. The van der Waals surface area contributed by atoms with Gasteiger partial charge in [0.15, 0.2) is 5.78 Å². The van der Waals surface area contributed by atoms with Crippen LogP contribution in [0.15, 0.2) is 12.3 Å². The molecule has 0 amide bonds. The molecule has 4 heteroatoms. The van der Waals surface area contributed by atoms with Crippen molar-refractivity contribution in [2.24, 2.45) is 5.73 Å². The van der Waals surface area contributed by atoms with Gasteiger partial charge in [-0.05, 0) is 13.0 Å². The number of hydrogen-bond acceptors (Lipinski definition) is 3. The summed E-state index contributed by atoms with van der Waals surface area (Å²) in [6.07, 6.45) is 1.44. The fraction of sp³-hybridized carbons (Fsp3) is 0.250. The first-order chi connectivity index (χ1) is 5.65. The van der Waals surface area contributed by atoms with E-state index in [1.807, 2.05) is 0 Å². The van der Waals surface area contributed by atoms with Gasteiger partial charge in [-0.2, -0.15) is 0 Å². The number of hydrogen-bond donors (Lipinski definition) is 1. The van der Waals surface area contributed by atoms with Crippen LogP contribution in [0.5, 0.6) is 0 Å². The Hall–Kier alpha value is -0.930. The van der Waals surface area contributed by atoms with Crippen LogP contribution < -0.4 is 5.73 Å². The minimum atomic E-state index is -0.0721. The van der Waals surface area contributed by atoms with Gasteiger partial charge in [-0.25, -0.2) is 0 Å². The van der Waals surface area contributed by atoms with Crippen molar-refractivity contribution >= 4 is 17.4 Å². The molecule has 1 heterocycles. The zero-order valence-corrected chi connectivity index (χ0v) is 7.43. The predicted octanol–water partition coefficient (Wildman–Crippen LogP) is 1.40. The average Bonchev–Trinajstić information content (AvgIpc) is 2.05. The van der Waals surface area contributed by atoms with E-state index in [1.165, 1.54) is 13.1 Å². The van der Waals surface area contributed by atoms with Gasteiger partial charge >= 0.3 is 0 Å². The molecule has 0 fully saturated rings. The molecule has 2 N–H and O–H groups in total. The molecule has 0 saturated carbocycles. The van der Waals surface area contributed by atoms with E-state index in [0.717, 1.165) is 0 Å². The summed E-state index contributed by atoms with van der Waals surface area (Å²) in [5.74, 6) is -0.0721. The van der Waals surface area contributed by atoms with E-state index in [0.29, 0.717) is 22.8 Å². The molecule has 0 aliphatic carbocycles. The Balaban J connectivity index is 3.17. The number of nitrogens with two attached hydrogens (primary N) is 1. The molecule has 0 aliphatic heterocycles. The van der Waals surface area contributed by atoms with Crippen molar-refractivity contribution in [1.29, 1.82) is 0 Å². The van der Waals surface area contributed by atoms with Gasteiger partial charge in [-0.15, -0.1) is 0 Å². The quantitative estimate of drug-likeness (QED) is 0.707. The molecule has 12 heavy (non-hydrogen) atoms. The van der Waals surface area contributed by atoms with Crippen LogP contribution in [0.4, 0.5) is 0 Å². The van der Waals surface area contributed by atoms with Crippen LogP contribution in [-0.2, 0) is 6.54 Å². The van der Waals surface area contributed by atoms with Crippen LogP contribution in [0, 0.1) is 0 Å². The fourth-order valence-corrected chi connectivity index (χ4v) is 1.10. The summed E-state index contributed by atoms with van der Waals surface area (Å²) in [4.78, 5) is 14.9. The summed E-state index contributed by atoms with van der Waals surface area (Å²) in [6.45, 7) is 1.78. The number of carbonyl (C=O) groups excluding carboxylic acids is 1. The second-order valence-corrected chi connectivity index (χ2v) is 2.82. The molecule has 64 valence electrons. The summed E-state index contributed by atoms with van der Waals surface area (Å²) in [6, 6.07) is 1.62. The van der Waals surface area contributed by atoms with E-state index in [4.69, 9.17) is 17.3 Å². The van der Waals surface area contributed by atoms with Crippen molar-refractivity contribution in [3.63, 3.8) is 0 Å². The lowest BCUT2D eigenvalue weighted by atomic mass is 10.1. The van der Waals surface area contributed by atoms with Gasteiger partial charge in [-0.3, -0.25) is 9.78 Å². The third kappa shape index (κ3) is 1.81. The number of ketones is 1. The molecule has 0 saturated heterocycles. The Morgan fingerprint density at radius 1 is 1.75 bits per heavy atom. The monoisotopic (exact) mass is 184 g/mol. The molecule has 0 spiro atoms. The van der Waals surface area contributed by atoms with E-state index in [-0.39, 0.29) is 5.78 Å². The molecule has 1 aromatic rings. The Morgan fingerprint density at radius 3 is 2.92 bits per heavy atom. The van der Waals surface area contributed by atoms with Crippen molar-refractivity contribution in [3.05, 3.63) is 28.5 Å². The van der Waals surface area contributed by atoms with Gasteiger partial charge in [-0.1, -0.05) is 11.6 Å². The maximum Gasteiger partial charge on any atom is 0.161 e. The van der Waals surface area contributed by atoms with Crippen LogP contribution in [0.1, 0.15) is 23.0 Å². The molecule has 0 aromatic carbocycles. The highest BCUT2D eigenvalue weighted by atomic mass is 35.5. The SMILES string of the molecule is CC(=O)c1cc(CN)ncc1Cl. The second kappa shape index (κ2) is 3.65. The standard InChI is InChI=1S/C8H9ClN2O/c1-5(12)7-2-6(3-10)11-4-8(7)9/h2,4H,3,10H2,1H3. The van der Waals surface area contributed by atoms with Crippen molar-refractivity contribution < 1.29 is 4.79 Å². The number of rotatable bonds is 2. The topological polar surface area (TPSA) is 56.0 Å². The minimum Gasteiger partial charge on any atom is -0.325 e. The van der Waals surface area contributed by atoms with Crippen molar-refractivity contribution in [2.45, 2.75) is 13.5 Å². The highest BCUT2D eigenvalue weighted by Crippen LogP contribution is 2.15. The lowest BCUT2D eigenvalue weighted by Crippen LogP contribution is -2.02. The molecule has 0 unspecified atom stereocenters. The summed E-state index contributed by atoms with van der Waals surface area (Å²) in [5.41, 5.74) is 6.50. The van der Waals surface area contributed by atoms with Gasteiger partial charge in [0, 0.05) is 18.3 Å². The van der Waals surface area contributed by atoms with E-state index < -0.39 is 0 Å². The minimum absolute atomic E-state index is 0.0721. The van der Waals surface area contributed by atoms with E-state index in [9.17, 15) is 4.79 Å². The summed E-state index contributed by atoms with van der Waals surface area (Å²) < 4.78 is 0. The number of nitrogens with zero attached hydrogens (tertiary/aromatic N) is 1. The molecular formula is C8H9ClN2O. The van der Waals surface area contributed by atoms with Crippen molar-refractivity contribution in [1.82, 2.24) is 4.98 Å². The zero-order valence-electron chi connectivity index (χ0n) is 6.67. The first-order valence-electron chi connectivity index (χ1n) is 3.50. The van der Waals surface area contributed by atoms with Crippen molar-refractivity contribution in [2.75, 3.05) is 0 Å². The predicted molar refractivity (Wildman–Crippen MR) is 47.1 cm³/mol. The molecular weight excluding hydrogens is 176 g/mol. The van der Waals surface area contributed by atoms with E-state index in [1.54, 1.807) is 6.07 Å². The number of aromatic nitrogens is 1. The van der Waals surface area contributed by atoms with Gasteiger partial charge in [0.25, 0.3) is 0 Å². The van der Waals surface area contributed by atoms with Crippen LogP contribution >= 0.6 is 11.6 Å². The molecule has 1 rings (SSSR count). The number of halogens is 1. The van der Waals surface area contributed by atoms with Gasteiger partial charge in [0.1, 0.15) is 0 Å². The normalized spacial score (nSPS) is 9.92.